The molecule has 1 N–H and O–H groups in total. The normalized spacial score (nSPS) is 15.2. The van der Waals surface area contributed by atoms with Gasteiger partial charge in [-0.25, -0.2) is 0 Å². The van der Waals surface area contributed by atoms with Crippen LogP contribution in [-0.4, -0.2) is 41.8 Å². The molecule has 1 fully saturated rings. The molecular weight excluding hydrogens is 398 g/mol. The topological polar surface area (TPSA) is 62.3 Å². The van der Waals surface area contributed by atoms with Gasteiger partial charge in [-0.1, -0.05) is 60.7 Å². The standard InChI is InChI=1S/C27H29N3O2/c1-28-26(32)27(19-22-10-5-6-12-24(22)23-11-7-15-29-20-23)13-16-30(17-14-27)25(31)18-21-8-3-2-4-9-21/h2-12,15,20H,13-14,16-19H2,1H3,(H,28,32). The van der Waals surface area contributed by atoms with Crippen LogP contribution >= 0.6 is 0 Å². The molecule has 1 aliphatic rings. The van der Waals surface area contributed by atoms with E-state index < -0.39 is 5.41 Å². The van der Waals surface area contributed by atoms with Crippen LogP contribution in [0.15, 0.2) is 79.1 Å². The molecule has 32 heavy (non-hydrogen) atoms. The monoisotopic (exact) mass is 427 g/mol. The molecular formula is C27H29N3O2. The molecule has 4 rings (SSSR count). The number of piperidine rings is 1. The molecule has 1 aromatic heterocycles. The molecule has 0 atom stereocenters. The van der Waals surface area contributed by atoms with Crippen LogP contribution in [0.25, 0.3) is 11.1 Å². The van der Waals surface area contributed by atoms with Crippen LogP contribution in [0.3, 0.4) is 0 Å². The van der Waals surface area contributed by atoms with Crippen molar-refractivity contribution in [1.82, 2.24) is 15.2 Å². The molecule has 0 saturated carbocycles. The minimum absolute atomic E-state index is 0.0497. The van der Waals surface area contributed by atoms with Gasteiger partial charge in [0.2, 0.25) is 11.8 Å². The summed E-state index contributed by atoms with van der Waals surface area (Å²) in [6.07, 6.45) is 5.95. The van der Waals surface area contributed by atoms with Gasteiger partial charge in [0.25, 0.3) is 0 Å². The quantitative estimate of drug-likeness (QED) is 0.649. The third-order valence-corrected chi connectivity index (χ3v) is 6.50. The third-order valence-electron chi connectivity index (χ3n) is 6.50. The van der Waals surface area contributed by atoms with Crippen LogP contribution in [0.2, 0.25) is 0 Å². The summed E-state index contributed by atoms with van der Waals surface area (Å²) in [5, 5.41) is 2.88. The Morgan fingerprint density at radius 2 is 1.69 bits per heavy atom. The van der Waals surface area contributed by atoms with Gasteiger partial charge in [0.15, 0.2) is 0 Å². The molecule has 164 valence electrons. The first-order chi connectivity index (χ1) is 15.6. The molecule has 2 heterocycles. The fraction of sp³-hybridized carbons (Fsp3) is 0.296. The number of likely N-dealkylation sites (tertiary alicyclic amines) is 1. The zero-order valence-electron chi connectivity index (χ0n) is 18.5. The number of carbonyl (C=O) groups is 2. The number of nitrogens with zero attached hydrogens (tertiary/aromatic N) is 2. The zero-order chi connectivity index (χ0) is 22.4. The molecule has 0 spiro atoms. The Morgan fingerprint density at radius 3 is 2.38 bits per heavy atom. The number of hydrogen-bond acceptors (Lipinski definition) is 3. The van der Waals surface area contributed by atoms with Crippen LogP contribution in [0, 0.1) is 5.41 Å². The van der Waals surface area contributed by atoms with Gasteiger partial charge in [-0.2, -0.15) is 0 Å². The number of hydrogen-bond donors (Lipinski definition) is 1. The third kappa shape index (κ3) is 4.72. The fourth-order valence-corrected chi connectivity index (χ4v) is 4.66. The summed E-state index contributed by atoms with van der Waals surface area (Å²) in [5.41, 5.74) is 3.77. The summed E-state index contributed by atoms with van der Waals surface area (Å²) in [6.45, 7) is 1.18. The molecule has 0 radical (unpaired) electrons. The number of amides is 2. The van der Waals surface area contributed by atoms with E-state index in [2.05, 4.69) is 22.4 Å². The Hall–Kier alpha value is -3.47. The SMILES string of the molecule is CNC(=O)C1(Cc2ccccc2-c2cccnc2)CCN(C(=O)Cc2ccccc2)CC1. The van der Waals surface area contributed by atoms with Crippen LogP contribution in [-0.2, 0) is 22.4 Å². The molecule has 3 aromatic rings. The van der Waals surface area contributed by atoms with Gasteiger partial charge in [0.1, 0.15) is 0 Å². The summed E-state index contributed by atoms with van der Waals surface area (Å²) in [5.74, 6) is 0.172. The molecule has 1 aliphatic heterocycles. The maximum Gasteiger partial charge on any atom is 0.226 e. The van der Waals surface area contributed by atoms with Gasteiger partial charge in [-0.15, -0.1) is 0 Å². The Balaban J connectivity index is 1.52. The van der Waals surface area contributed by atoms with Gasteiger partial charge in [-0.05, 0) is 42.0 Å². The van der Waals surface area contributed by atoms with E-state index in [-0.39, 0.29) is 11.8 Å². The molecule has 0 bridgehead atoms. The predicted molar refractivity (Wildman–Crippen MR) is 126 cm³/mol. The predicted octanol–water partition coefficient (Wildman–Crippen LogP) is 3.89. The first-order valence-electron chi connectivity index (χ1n) is 11.1. The smallest absolute Gasteiger partial charge is 0.226 e. The molecule has 0 aliphatic carbocycles. The minimum atomic E-state index is -0.531. The molecule has 5 heteroatoms. The van der Waals surface area contributed by atoms with Crippen LogP contribution in [0.4, 0.5) is 0 Å². The highest BCUT2D eigenvalue weighted by Gasteiger charge is 2.42. The molecule has 2 aromatic carbocycles. The van der Waals surface area contributed by atoms with Crippen molar-refractivity contribution in [2.24, 2.45) is 5.41 Å². The van der Waals surface area contributed by atoms with Crippen molar-refractivity contribution >= 4 is 11.8 Å². The van der Waals surface area contributed by atoms with Gasteiger partial charge < -0.3 is 10.2 Å². The second-order valence-corrected chi connectivity index (χ2v) is 8.48. The first kappa shape index (κ1) is 21.8. The summed E-state index contributed by atoms with van der Waals surface area (Å²) in [6, 6.07) is 22.0. The zero-order valence-corrected chi connectivity index (χ0v) is 18.5. The van der Waals surface area contributed by atoms with Crippen molar-refractivity contribution in [2.45, 2.75) is 25.7 Å². The second-order valence-electron chi connectivity index (χ2n) is 8.48. The van der Waals surface area contributed by atoms with Gasteiger partial charge in [0.05, 0.1) is 11.8 Å². The maximum atomic E-state index is 13.1. The molecule has 5 nitrogen and oxygen atoms in total. The lowest BCUT2D eigenvalue weighted by Gasteiger charge is -2.41. The summed E-state index contributed by atoms with van der Waals surface area (Å²) in [4.78, 5) is 32.1. The Bertz CT molecular complexity index is 1060. The second kappa shape index (κ2) is 9.77. The van der Waals surface area contributed by atoms with E-state index in [1.165, 1.54) is 0 Å². The maximum absolute atomic E-state index is 13.1. The van der Waals surface area contributed by atoms with Crippen LogP contribution < -0.4 is 5.32 Å². The van der Waals surface area contributed by atoms with Crippen molar-refractivity contribution in [3.8, 4) is 11.1 Å². The van der Waals surface area contributed by atoms with E-state index in [1.54, 1.807) is 13.2 Å². The Kier molecular flexibility index (Phi) is 6.64. The minimum Gasteiger partial charge on any atom is -0.359 e. The average molecular weight is 428 g/mol. The number of pyridine rings is 1. The molecule has 2 amide bonds. The lowest BCUT2D eigenvalue weighted by molar-refractivity contribution is -0.140. The number of nitrogens with one attached hydrogen (secondary N) is 1. The number of benzene rings is 2. The van der Waals surface area contributed by atoms with Crippen molar-refractivity contribution in [3.63, 3.8) is 0 Å². The van der Waals surface area contributed by atoms with E-state index in [9.17, 15) is 9.59 Å². The van der Waals surface area contributed by atoms with Crippen molar-refractivity contribution in [3.05, 3.63) is 90.3 Å². The average Bonchev–Trinajstić information content (AvgIpc) is 2.85. The highest BCUT2D eigenvalue weighted by Crippen LogP contribution is 2.38. The van der Waals surface area contributed by atoms with Crippen molar-refractivity contribution in [2.75, 3.05) is 20.1 Å². The van der Waals surface area contributed by atoms with Crippen LogP contribution in [0.1, 0.15) is 24.0 Å². The van der Waals surface area contributed by atoms with E-state index >= 15 is 0 Å². The first-order valence-corrected chi connectivity index (χ1v) is 11.1. The van der Waals surface area contributed by atoms with E-state index in [1.807, 2.05) is 65.7 Å². The largest absolute Gasteiger partial charge is 0.359 e. The summed E-state index contributed by atoms with van der Waals surface area (Å²) >= 11 is 0. The highest BCUT2D eigenvalue weighted by atomic mass is 16.2. The Morgan fingerprint density at radius 1 is 0.969 bits per heavy atom. The number of aromatic nitrogens is 1. The van der Waals surface area contributed by atoms with Gasteiger partial charge in [-0.3, -0.25) is 14.6 Å². The van der Waals surface area contributed by atoms with E-state index in [0.717, 1.165) is 22.3 Å². The fourth-order valence-electron chi connectivity index (χ4n) is 4.66. The Labute approximate surface area is 189 Å². The lowest BCUT2D eigenvalue weighted by atomic mass is 9.72. The molecule has 1 saturated heterocycles. The van der Waals surface area contributed by atoms with Gasteiger partial charge in [0, 0.05) is 38.1 Å². The van der Waals surface area contributed by atoms with Crippen molar-refractivity contribution in [1.29, 1.82) is 0 Å². The molecule has 0 unspecified atom stereocenters. The van der Waals surface area contributed by atoms with Crippen molar-refractivity contribution < 1.29 is 9.59 Å². The van der Waals surface area contributed by atoms with Gasteiger partial charge >= 0.3 is 0 Å². The van der Waals surface area contributed by atoms with Crippen LogP contribution in [0.5, 0.6) is 0 Å². The summed E-state index contributed by atoms with van der Waals surface area (Å²) in [7, 11) is 1.70. The van der Waals surface area contributed by atoms with E-state index in [0.29, 0.717) is 38.8 Å². The number of rotatable bonds is 6. The number of carbonyl (C=O) groups excluding carboxylic acids is 2. The lowest BCUT2D eigenvalue weighted by Crippen LogP contribution is -2.51. The highest BCUT2D eigenvalue weighted by molar-refractivity contribution is 5.84. The summed E-state index contributed by atoms with van der Waals surface area (Å²) < 4.78 is 0. The van der Waals surface area contributed by atoms with E-state index in [4.69, 9.17) is 0 Å².